The zero-order chi connectivity index (χ0) is 23.1. The number of aromatic nitrogens is 1. The maximum absolute atomic E-state index is 13.7. The fourth-order valence-corrected chi connectivity index (χ4v) is 4.96. The van der Waals surface area contributed by atoms with E-state index in [4.69, 9.17) is 9.15 Å². The number of benzene rings is 1. The van der Waals surface area contributed by atoms with Gasteiger partial charge in [0, 0.05) is 37.7 Å². The molecule has 1 amide bonds. The van der Waals surface area contributed by atoms with Gasteiger partial charge in [0.2, 0.25) is 17.1 Å². The number of ether oxygens (including phenoxy) is 1. The van der Waals surface area contributed by atoms with Gasteiger partial charge in [-0.1, -0.05) is 18.2 Å². The van der Waals surface area contributed by atoms with Crippen molar-refractivity contribution in [2.45, 2.75) is 38.6 Å². The molecule has 2 aromatic heterocycles. The molecule has 1 fully saturated rings. The van der Waals surface area contributed by atoms with Crippen LogP contribution in [0.5, 0.6) is 5.75 Å². The zero-order valence-electron chi connectivity index (χ0n) is 18.5. The summed E-state index contributed by atoms with van der Waals surface area (Å²) in [5.41, 5.74) is 1.55. The van der Waals surface area contributed by atoms with E-state index in [1.807, 2.05) is 18.2 Å². The Morgan fingerprint density at radius 2 is 1.94 bits per heavy atom. The maximum Gasteiger partial charge on any atom is 0.255 e. The number of amides is 1. The number of aromatic hydroxyl groups is 1. The number of morpholine rings is 1. The molecule has 0 radical (unpaired) electrons. The van der Waals surface area contributed by atoms with Crippen LogP contribution in [0.1, 0.15) is 41.4 Å². The molecular formula is C25H26N2O6. The summed E-state index contributed by atoms with van der Waals surface area (Å²) in [4.78, 5) is 40.9. The molecule has 2 aliphatic heterocycles. The van der Waals surface area contributed by atoms with Crippen molar-refractivity contribution < 1.29 is 19.1 Å². The highest BCUT2D eigenvalue weighted by Gasteiger charge is 2.31. The van der Waals surface area contributed by atoms with Crippen LogP contribution in [0.15, 0.2) is 44.3 Å². The number of hydrogen-bond acceptors (Lipinski definition) is 6. The molecule has 0 aliphatic carbocycles. The molecule has 3 aromatic rings. The van der Waals surface area contributed by atoms with Crippen molar-refractivity contribution in [3.63, 3.8) is 0 Å². The summed E-state index contributed by atoms with van der Waals surface area (Å²) in [6.07, 6.45) is 1.65. The Morgan fingerprint density at radius 1 is 1.15 bits per heavy atom. The van der Waals surface area contributed by atoms with Crippen LogP contribution in [0.2, 0.25) is 0 Å². The summed E-state index contributed by atoms with van der Waals surface area (Å²) < 4.78 is 12.9. The number of pyridine rings is 1. The van der Waals surface area contributed by atoms with Gasteiger partial charge in [-0.05, 0) is 36.8 Å². The van der Waals surface area contributed by atoms with Gasteiger partial charge < -0.3 is 23.7 Å². The van der Waals surface area contributed by atoms with Gasteiger partial charge in [0.1, 0.15) is 5.76 Å². The summed E-state index contributed by atoms with van der Waals surface area (Å²) >= 11 is 0. The lowest BCUT2D eigenvalue weighted by Gasteiger charge is -2.29. The molecule has 1 unspecified atom stereocenters. The van der Waals surface area contributed by atoms with Crippen LogP contribution in [0, 0.1) is 6.92 Å². The normalized spacial score (nSPS) is 16.7. The second-order valence-electron chi connectivity index (χ2n) is 8.70. The topological polar surface area (TPSA) is 102 Å². The molecule has 8 heteroatoms. The van der Waals surface area contributed by atoms with Gasteiger partial charge in [0.25, 0.3) is 5.56 Å². The summed E-state index contributed by atoms with van der Waals surface area (Å²) in [6, 6.07) is 8.91. The van der Waals surface area contributed by atoms with Crippen molar-refractivity contribution in [3.05, 3.63) is 73.6 Å². The van der Waals surface area contributed by atoms with Gasteiger partial charge in [-0.25, -0.2) is 0 Å². The van der Waals surface area contributed by atoms with Crippen molar-refractivity contribution in [2.24, 2.45) is 0 Å². The summed E-state index contributed by atoms with van der Waals surface area (Å²) in [5, 5.41) is 11.5. The maximum atomic E-state index is 13.7. The molecule has 0 saturated carbocycles. The molecule has 1 aromatic carbocycles. The standard InChI is InChI=1S/C25H26N2O6/c1-15-12-20(28)23(30)24(33-15)18(14-21(29)26-8-10-32-11-9-26)19-13-17-5-2-4-16-6-3-7-27(22(16)17)25(19)31/h2,4-5,12-13,18,30H,3,6-11,14H2,1H3. The average Bonchev–Trinajstić information content (AvgIpc) is 2.83. The van der Waals surface area contributed by atoms with E-state index in [1.54, 1.807) is 22.5 Å². The molecule has 4 heterocycles. The molecule has 33 heavy (non-hydrogen) atoms. The van der Waals surface area contributed by atoms with E-state index in [-0.39, 0.29) is 23.6 Å². The van der Waals surface area contributed by atoms with E-state index in [2.05, 4.69) is 0 Å². The Morgan fingerprint density at radius 3 is 2.73 bits per heavy atom. The number of nitrogens with zero attached hydrogens (tertiary/aromatic N) is 2. The highest BCUT2D eigenvalue weighted by Crippen LogP contribution is 2.34. The fourth-order valence-electron chi connectivity index (χ4n) is 4.96. The highest BCUT2D eigenvalue weighted by atomic mass is 16.5. The lowest BCUT2D eigenvalue weighted by atomic mass is 9.90. The molecule has 0 bridgehead atoms. The number of para-hydroxylation sites is 1. The van der Waals surface area contributed by atoms with E-state index in [0.717, 1.165) is 29.3 Å². The van der Waals surface area contributed by atoms with Crippen molar-refractivity contribution in [2.75, 3.05) is 26.3 Å². The lowest BCUT2D eigenvalue weighted by molar-refractivity contribution is -0.135. The number of aryl methyl sites for hydroxylation is 3. The van der Waals surface area contributed by atoms with Crippen LogP contribution in [-0.4, -0.2) is 46.8 Å². The predicted molar refractivity (Wildman–Crippen MR) is 122 cm³/mol. The Kier molecular flexibility index (Phi) is 5.54. The molecule has 0 spiro atoms. The molecule has 5 rings (SSSR count). The largest absolute Gasteiger partial charge is 0.502 e. The van der Waals surface area contributed by atoms with Crippen LogP contribution in [0.25, 0.3) is 10.9 Å². The Hall–Kier alpha value is -3.39. The Bertz CT molecular complexity index is 1350. The van der Waals surface area contributed by atoms with E-state index in [1.165, 1.54) is 6.07 Å². The van der Waals surface area contributed by atoms with E-state index in [9.17, 15) is 19.5 Å². The first kappa shape index (κ1) is 21.5. The number of carbonyl (C=O) groups is 1. The van der Waals surface area contributed by atoms with Crippen molar-refractivity contribution in [1.29, 1.82) is 0 Å². The van der Waals surface area contributed by atoms with Crippen LogP contribution >= 0.6 is 0 Å². The predicted octanol–water partition coefficient (Wildman–Crippen LogP) is 2.30. The third-order valence-corrected chi connectivity index (χ3v) is 6.56. The van der Waals surface area contributed by atoms with Crippen LogP contribution in [-0.2, 0) is 22.5 Å². The smallest absolute Gasteiger partial charge is 0.255 e. The molecule has 1 saturated heterocycles. The summed E-state index contributed by atoms with van der Waals surface area (Å²) in [5.74, 6) is -1.37. The van der Waals surface area contributed by atoms with Gasteiger partial charge in [-0.2, -0.15) is 0 Å². The fraction of sp³-hybridized carbons (Fsp3) is 0.400. The number of carbonyl (C=O) groups excluding carboxylic acids is 1. The van der Waals surface area contributed by atoms with E-state index >= 15 is 0 Å². The van der Waals surface area contributed by atoms with Crippen molar-refractivity contribution >= 4 is 16.8 Å². The SMILES string of the molecule is Cc1cc(=O)c(O)c(C(CC(=O)N2CCOCC2)c2cc3cccc4c3n(c2=O)CCC4)o1. The third-order valence-electron chi connectivity index (χ3n) is 6.56. The minimum absolute atomic E-state index is 0.0437. The third kappa shape index (κ3) is 3.84. The van der Waals surface area contributed by atoms with Crippen LogP contribution in [0.4, 0.5) is 0 Å². The molecular weight excluding hydrogens is 424 g/mol. The van der Waals surface area contributed by atoms with Gasteiger partial charge in [0.15, 0.2) is 5.76 Å². The number of hydrogen-bond donors (Lipinski definition) is 1. The molecule has 1 atom stereocenters. The zero-order valence-corrected chi connectivity index (χ0v) is 18.5. The molecule has 172 valence electrons. The van der Waals surface area contributed by atoms with Crippen LogP contribution < -0.4 is 11.0 Å². The first-order valence-corrected chi connectivity index (χ1v) is 11.3. The van der Waals surface area contributed by atoms with Gasteiger partial charge in [0.05, 0.1) is 24.6 Å². The minimum atomic E-state index is -0.890. The number of rotatable bonds is 4. The van der Waals surface area contributed by atoms with Gasteiger partial charge in [-0.3, -0.25) is 14.4 Å². The Labute approximate surface area is 190 Å². The summed E-state index contributed by atoms with van der Waals surface area (Å²) in [7, 11) is 0. The molecule has 2 aliphatic rings. The Balaban J connectivity index is 1.69. The highest BCUT2D eigenvalue weighted by molar-refractivity contribution is 5.84. The lowest BCUT2D eigenvalue weighted by Crippen LogP contribution is -2.41. The first-order chi connectivity index (χ1) is 15.9. The second kappa shape index (κ2) is 8.51. The van der Waals surface area contributed by atoms with Crippen LogP contribution in [0.3, 0.4) is 0 Å². The monoisotopic (exact) mass is 450 g/mol. The quantitative estimate of drug-likeness (QED) is 0.655. The molecule has 1 N–H and O–H groups in total. The van der Waals surface area contributed by atoms with E-state index in [0.29, 0.717) is 44.2 Å². The van der Waals surface area contributed by atoms with Crippen molar-refractivity contribution in [3.8, 4) is 5.75 Å². The summed E-state index contributed by atoms with van der Waals surface area (Å²) in [6.45, 7) is 4.00. The molecule has 8 nitrogen and oxygen atoms in total. The minimum Gasteiger partial charge on any atom is -0.502 e. The second-order valence-corrected chi connectivity index (χ2v) is 8.70. The van der Waals surface area contributed by atoms with E-state index < -0.39 is 17.1 Å². The van der Waals surface area contributed by atoms with Crippen molar-refractivity contribution in [1.82, 2.24) is 9.47 Å². The first-order valence-electron chi connectivity index (χ1n) is 11.3. The average molecular weight is 450 g/mol. The van der Waals surface area contributed by atoms with Gasteiger partial charge >= 0.3 is 0 Å². The van der Waals surface area contributed by atoms with Gasteiger partial charge in [-0.15, -0.1) is 0 Å².